The van der Waals surface area contributed by atoms with E-state index in [4.69, 9.17) is 10.8 Å². The van der Waals surface area contributed by atoms with E-state index in [2.05, 4.69) is 10.3 Å². The number of hydrogen-bond donors (Lipinski definition) is 3. The molecule has 0 spiro atoms. The second-order valence-corrected chi connectivity index (χ2v) is 4.07. The number of carbonyl (C=O) groups is 1. The van der Waals surface area contributed by atoms with Crippen LogP contribution in [0.2, 0.25) is 0 Å². The fourth-order valence-electron chi connectivity index (χ4n) is 1.68. The quantitative estimate of drug-likeness (QED) is 0.773. The molecule has 0 bridgehead atoms. The summed E-state index contributed by atoms with van der Waals surface area (Å²) in [6, 6.07) is 10.6. The summed E-state index contributed by atoms with van der Waals surface area (Å²) in [5.74, 6) is -0.340. The summed E-state index contributed by atoms with van der Waals surface area (Å²) in [5.41, 5.74) is 7.92. The average Bonchev–Trinajstić information content (AvgIpc) is 2.42. The topological polar surface area (TPSA) is 88.2 Å². The third kappa shape index (κ3) is 3.29. The van der Waals surface area contributed by atoms with Crippen molar-refractivity contribution < 1.29 is 9.90 Å². The van der Waals surface area contributed by atoms with Crippen LogP contribution in [0.25, 0.3) is 0 Å². The van der Waals surface area contributed by atoms with Crippen molar-refractivity contribution >= 4 is 17.3 Å². The summed E-state index contributed by atoms with van der Waals surface area (Å²) in [6.07, 6.45) is 2.12. The maximum atomic E-state index is 12.0. The Balaban J connectivity index is 2.09. The number of nitrogen functional groups attached to an aromatic ring is 1. The van der Waals surface area contributed by atoms with Gasteiger partial charge in [0.25, 0.3) is 5.91 Å². The molecule has 5 nitrogen and oxygen atoms in total. The third-order valence-corrected chi connectivity index (χ3v) is 2.67. The zero-order chi connectivity index (χ0) is 13.7. The molecule has 0 radical (unpaired) electrons. The molecule has 2 rings (SSSR count). The highest BCUT2D eigenvalue weighted by atomic mass is 16.2. The number of nitrogens with two attached hydrogens (primary N) is 1. The maximum absolute atomic E-state index is 12.0. The van der Waals surface area contributed by atoms with Crippen LogP contribution in [0, 0.1) is 0 Å². The van der Waals surface area contributed by atoms with Crippen LogP contribution in [0.4, 0.5) is 11.4 Å². The van der Waals surface area contributed by atoms with Gasteiger partial charge in [-0.15, -0.1) is 0 Å². The van der Waals surface area contributed by atoms with E-state index in [9.17, 15) is 4.79 Å². The highest BCUT2D eigenvalue weighted by molar-refractivity contribution is 6.06. The predicted molar refractivity (Wildman–Crippen MR) is 73.8 cm³/mol. The van der Waals surface area contributed by atoms with E-state index < -0.39 is 0 Å². The van der Waals surface area contributed by atoms with E-state index in [-0.39, 0.29) is 18.2 Å². The lowest BCUT2D eigenvalue weighted by atomic mass is 10.1. The lowest BCUT2D eigenvalue weighted by Gasteiger charge is -2.07. The standard InChI is InChI=1S/C14H15N3O2/c15-12-2-1-8-16-13(12)14(19)17-11-5-3-10(4-6-11)7-9-18/h1-6,8,18H,7,9,15H2,(H,17,19). The first-order valence-corrected chi connectivity index (χ1v) is 5.92. The Bertz CT molecular complexity index is 567. The number of benzene rings is 1. The monoisotopic (exact) mass is 257 g/mol. The highest BCUT2D eigenvalue weighted by Crippen LogP contribution is 2.13. The Morgan fingerprint density at radius 1 is 1.26 bits per heavy atom. The Morgan fingerprint density at radius 3 is 2.63 bits per heavy atom. The summed E-state index contributed by atoms with van der Waals surface area (Å²) in [7, 11) is 0. The van der Waals surface area contributed by atoms with Gasteiger partial charge in [-0.1, -0.05) is 12.1 Å². The molecule has 4 N–H and O–H groups in total. The summed E-state index contributed by atoms with van der Waals surface area (Å²) in [4.78, 5) is 15.9. The minimum atomic E-state index is -0.340. The molecule has 0 saturated heterocycles. The number of nitrogens with one attached hydrogen (secondary N) is 1. The van der Waals surface area contributed by atoms with Gasteiger partial charge < -0.3 is 16.2 Å². The van der Waals surface area contributed by atoms with Crippen molar-refractivity contribution in [2.45, 2.75) is 6.42 Å². The van der Waals surface area contributed by atoms with Crippen LogP contribution >= 0.6 is 0 Å². The van der Waals surface area contributed by atoms with E-state index in [0.29, 0.717) is 17.8 Å². The van der Waals surface area contributed by atoms with Gasteiger partial charge >= 0.3 is 0 Å². The van der Waals surface area contributed by atoms with Crippen molar-refractivity contribution in [1.29, 1.82) is 0 Å². The van der Waals surface area contributed by atoms with Gasteiger partial charge in [-0.25, -0.2) is 4.98 Å². The molecule has 98 valence electrons. The fraction of sp³-hybridized carbons (Fsp3) is 0.143. The van der Waals surface area contributed by atoms with Gasteiger partial charge in [-0.2, -0.15) is 0 Å². The van der Waals surface area contributed by atoms with E-state index in [0.717, 1.165) is 5.56 Å². The number of aliphatic hydroxyl groups excluding tert-OH is 1. The van der Waals surface area contributed by atoms with Crippen LogP contribution in [0.15, 0.2) is 42.6 Å². The van der Waals surface area contributed by atoms with Crippen molar-refractivity contribution in [2.24, 2.45) is 0 Å². The lowest BCUT2D eigenvalue weighted by molar-refractivity contribution is 0.102. The van der Waals surface area contributed by atoms with Crippen molar-refractivity contribution in [1.82, 2.24) is 4.98 Å². The van der Waals surface area contributed by atoms with E-state index in [1.54, 1.807) is 24.3 Å². The molecule has 0 aliphatic carbocycles. The van der Waals surface area contributed by atoms with E-state index in [1.165, 1.54) is 6.20 Å². The van der Waals surface area contributed by atoms with Gasteiger partial charge in [0, 0.05) is 18.5 Å². The van der Waals surface area contributed by atoms with Crippen molar-refractivity contribution in [3.8, 4) is 0 Å². The molecule has 1 aromatic heterocycles. The summed E-state index contributed by atoms with van der Waals surface area (Å²) in [5, 5.41) is 11.5. The second kappa shape index (κ2) is 5.97. The summed E-state index contributed by atoms with van der Waals surface area (Å²) in [6.45, 7) is 0.107. The summed E-state index contributed by atoms with van der Waals surface area (Å²) < 4.78 is 0. The smallest absolute Gasteiger partial charge is 0.276 e. The molecular formula is C14H15N3O2. The molecule has 0 saturated carbocycles. The first kappa shape index (κ1) is 13.0. The largest absolute Gasteiger partial charge is 0.397 e. The van der Waals surface area contributed by atoms with Gasteiger partial charge in [0.05, 0.1) is 5.69 Å². The molecule has 0 fully saturated rings. The average molecular weight is 257 g/mol. The number of nitrogens with zero attached hydrogens (tertiary/aromatic N) is 1. The Morgan fingerprint density at radius 2 is 2.00 bits per heavy atom. The van der Waals surface area contributed by atoms with Crippen LogP contribution in [-0.4, -0.2) is 22.6 Å². The van der Waals surface area contributed by atoms with Gasteiger partial charge in [0.2, 0.25) is 0 Å². The van der Waals surface area contributed by atoms with Crippen molar-refractivity contribution in [3.63, 3.8) is 0 Å². The predicted octanol–water partition coefficient (Wildman–Crippen LogP) is 1.45. The molecule has 19 heavy (non-hydrogen) atoms. The zero-order valence-electron chi connectivity index (χ0n) is 10.3. The molecule has 1 heterocycles. The minimum absolute atomic E-state index is 0.107. The number of amides is 1. The number of anilines is 2. The van der Waals surface area contributed by atoms with Crippen LogP contribution in [0.3, 0.4) is 0 Å². The van der Waals surface area contributed by atoms with Crippen LogP contribution < -0.4 is 11.1 Å². The number of carbonyl (C=O) groups excluding carboxylic acids is 1. The van der Waals surface area contributed by atoms with E-state index in [1.807, 2.05) is 12.1 Å². The first-order chi connectivity index (χ1) is 9.20. The van der Waals surface area contributed by atoms with Crippen molar-refractivity contribution in [3.05, 3.63) is 53.9 Å². The molecule has 5 heteroatoms. The van der Waals surface area contributed by atoms with Crippen molar-refractivity contribution in [2.75, 3.05) is 17.7 Å². The Kier molecular flexibility index (Phi) is 4.10. The molecule has 0 atom stereocenters. The summed E-state index contributed by atoms with van der Waals surface area (Å²) >= 11 is 0. The third-order valence-electron chi connectivity index (χ3n) is 2.67. The molecule has 0 aliphatic heterocycles. The van der Waals surface area contributed by atoms with Gasteiger partial charge in [0.15, 0.2) is 5.69 Å². The number of aliphatic hydroxyl groups is 1. The molecule has 1 amide bonds. The second-order valence-electron chi connectivity index (χ2n) is 4.07. The molecular weight excluding hydrogens is 242 g/mol. The lowest BCUT2D eigenvalue weighted by Crippen LogP contribution is -2.15. The molecule has 0 aliphatic rings. The SMILES string of the molecule is Nc1cccnc1C(=O)Nc1ccc(CCO)cc1. The minimum Gasteiger partial charge on any atom is -0.397 e. The first-order valence-electron chi connectivity index (χ1n) is 5.92. The van der Waals surface area contributed by atoms with Gasteiger partial charge in [-0.3, -0.25) is 4.79 Å². The zero-order valence-corrected chi connectivity index (χ0v) is 10.3. The van der Waals surface area contributed by atoms with Gasteiger partial charge in [-0.05, 0) is 36.2 Å². The van der Waals surface area contributed by atoms with Crippen LogP contribution in [0.5, 0.6) is 0 Å². The van der Waals surface area contributed by atoms with E-state index >= 15 is 0 Å². The highest BCUT2D eigenvalue weighted by Gasteiger charge is 2.10. The normalized spacial score (nSPS) is 10.2. The Labute approximate surface area is 111 Å². The van der Waals surface area contributed by atoms with Crippen LogP contribution in [0.1, 0.15) is 16.1 Å². The molecule has 2 aromatic rings. The number of rotatable bonds is 4. The van der Waals surface area contributed by atoms with Crippen LogP contribution in [-0.2, 0) is 6.42 Å². The Hall–Kier alpha value is -2.40. The molecule has 1 aromatic carbocycles. The number of aromatic nitrogens is 1. The molecule has 0 unspecified atom stereocenters. The number of pyridine rings is 1. The fourth-order valence-corrected chi connectivity index (χ4v) is 1.68. The van der Waals surface area contributed by atoms with Gasteiger partial charge in [0.1, 0.15) is 0 Å². The number of hydrogen-bond acceptors (Lipinski definition) is 4. The maximum Gasteiger partial charge on any atom is 0.276 e.